The molecule has 0 bridgehead atoms. The van der Waals surface area contributed by atoms with E-state index < -0.39 is 0 Å². The van der Waals surface area contributed by atoms with Gasteiger partial charge in [-0.3, -0.25) is 9.78 Å². The van der Waals surface area contributed by atoms with Gasteiger partial charge in [0.05, 0.1) is 6.10 Å². The number of aliphatic hydroxyl groups excluding tert-OH is 1. The van der Waals surface area contributed by atoms with Gasteiger partial charge in [-0.2, -0.15) is 4.98 Å². The van der Waals surface area contributed by atoms with Gasteiger partial charge in [0.25, 0.3) is 5.91 Å². The molecule has 0 aromatic carbocycles. The number of likely N-dealkylation sites (tertiary alicyclic amines) is 1. The Labute approximate surface area is 219 Å². The molecule has 1 aliphatic heterocycles. The molecule has 1 amide bonds. The number of amides is 1. The highest BCUT2D eigenvalue weighted by Crippen LogP contribution is 2.38. The monoisotopic (exact) mass is 504 g/mol. The Kier molecular flexibility index (Phi) is 7.74. The third-order valence-electron chi connectivity index (χ3n) is 8.12. The Morgan fingerprint density at radius 2 is 1.92 bits per heavy atom. The van der Waals surface area contributed by atoms with E-state index in [1.807, 2.05) is 24.1 Å². The highest BCUT2D eigenvalue weighted by molar-refractivity contribution is 5.94. The van der Waals surface area contributed by atoms with Crippen molar-refractivity contribution in [2.75, 3.05) is 18.4 Å². The van der Waals surface area contributed by atoms with Crippen molar-refractivity contribution in [1.82, 2.24) is 24.4 Å². The molecule has 4 heterocycles. The van der Waals surface area contributed by atoms with Crippen LogP contribution in [0.2, 0.25) is 0 Å². The van der Waals surface area contributed by atoms with Crippen LogP contribution in [0.3, 0.4) is 0 Å². The molecular weight excluding hydrogens is 464 g/mol. The van der Waals surface area contributed by atoms with Crippen LogP contribution in [0.15, 0.2) is 30.7 Å². The number of nitrogens with zero attached hydrogens (tertiary/aromatic N) is 5. The van der Waals surface area contributed by atoms with Crippen LogP contribution in [0, 0.1) is 6.92 Å². The maximum atomic E-state index is 13.1. The highest BCUT2D eigenvalue weighted by Gasteiger charge is 2.29. The van der Waals surface area contributed by atoms with E-state index in [9.17, 15) is 9.90 Å². The van der Waals surface area contributed by atoms with Gasteiger partial charge >= 0.3 is 0 Å². The lowest BCUT2D eigenvalue weighted by atomic mass is 9.89. The molecule has 5 rings (SSSR count). The van der Waals surface area contributed by atoms with Crippen molar-refractivity contribution in [3.05, 3.63) is 47.5 Å². The van der Waals surface area contributed by atoms with E-state index in [1.54, 1.807) is 12.3 Å². The third kappa shape index (κ3) is 5.64. The van der Waals surface area contributed by atoms with Gasteiger partial charge in [-0.15, -0.1) is 0 Å². The van der Waals surface area contributed by atoms with Gasteiger partial charge in [0, 0.05) is 60.4 Å². The minimum Gasteiger partial charge on any atom is -0.393 e. The quantitative estimate of drug-likeness (QED) is 0.457. The Hall–Kier alpha value is -3.00. The molecule has 0 radical (unpaired) electrons. The van der Waals surface area contributed by atoms with Crippen LogP contribution < -0.4 is 5.32 Å². The lowest BCUT2D eigenvalue weighted by Crippen LogP contribution is -2.38. The van der Waals surface area contributed by atoms with E-state index in [2.05, 4.69) is 34.9 Å². The van der Waals surface area contributed by atoms with Crippen LogP contribution in [-0.2, 0) is 0 Å². The molecule has 2 N–H and O–H groups in total. The van der Waals surface area contributed by atoms with E-state index in [1.165, 1.54) is 5.56 Å². The van der Waals surface area contributed by atoms with Crippen molar-refractivity contribution >= 4 is 22.9 Å². The lowest BCUT2D eigenvalue weighted by molar-refractivity contribution is 0.0713. The first-order valence-corrected chi connectivity index (χ1v) is 14.0. The van der Waals surface area contributed by atoms with Crippen molar-refractivity contribution in [2.24, 2.45) is 0 Å². The number of nitrogens with one attached hydrogen (secondary N) is 1. The SMILES string of the molecule is CCC[C@H](C)Nc1ncc2c(C3CCN(C(=O)c4ccnc(C)c4)CC3)cn([C@H]3CC[C@H](O)CC3)c2n1. The second-order valence-corrected chi connectivity index (χ2v) is 11.0. The van der Waals surface area contributed by atoms with Crippen LogP contribution >= 0.6 is 0 Å². The smallest absolute Gasteiger partial charge is 0.253 e. The number of aliphatic hydroxyl groups is 1. The van der Waals surface area contributed by atoms with Crippen LogP contribution in [0.5, 0.6) is 0 Å². The molecule has 8 heteroatoms. The summed E-state index contributed by atoms with van der Waals surface area (Å²) in [6.45, 7) is 7.75. The molecule has 1 atom stereocenters. The fraction of sp³-hybridized carbons (Fsp3) is 0.586. The topological polar surface area (TPSA) is 96.2 Å². The number of piperidine rings is 1. The molecule has 8 nitrogen and oxygen atoms in total. The average molecular weight is 505 g/mol. The predicted octanol–water partition coefficient (Wildman–Crippen LogP) is 5.23. The minimum atomic E-state index is -0.189. The summed E-state index contributed by atoms with van der Waals surface area (Å²) < 4.78 is 2.35. The summed E-state index contributed by atoms with van der Waals surface area (Å²) in [7, 11) is 0. The van der Waals surface area contributed by atoms with Gasteiger partial charge in [-0.25, -0.2) is 4.98 Å². The second-order valence-electron chi connectivity index (χ2n) is 11.0. The van der Waals surface area contributed by atoms with Crippen molar-refractivity contribution in [3.8, 4) is 0 Å². The van der Waals surface area contributed by atoms with E-state index >= 15 is 0 Å². The summed E-state index contributed by atoms with van der Waals surface area (Å²) in [4.78, 5) is 29.0. The fourth-order valence-electron chi connectivity index (χ4n) is 6.04. The zero-order chi connectivity index (χ0) is 25.9. The number of pyridine rings is 1. The molecular formula is C29H40N6O2. The van der Waals surface area contributed by atoms with Gasteiger partial charge in [0.15, 0.2) is 0 Å². The van der Waals surface area contributed by atoms with E-state index in [0.717, 1.165) is 81.2 Å². The number of hydrogen-bond acceptors (Lipinski definition) is 6. The molecule has 37 heavy (non-hydrogen) atoms. The molecule has 198 valence electrons. The molecule has 1 saturated carbocycles. The van der Waals surface area contributed by atoms with Gasteiger partial charge in [-0.1, -0.05) is 13.3 Å². The van der Waals surface area contributed by atoms with Crippen molar-refractivity contribution in [2.45, 2.75) is 96.2 Å². The summed E-state index contributed by atoms with van der Waals surface area (Å²) in [5.41, 5.74) is 3.86. The molecule has 0 spiro atoms. The highest BCUT2D eigenvalue weighted by atomic mass is 16.3. The number of anilines is 1. The number of aryl methyl sites for hydroxylation is 1. The molecule has 1 saturated heterocycles. The lowest BCUT2D eigenvalue weighted by Gasteiger charge is -2.32. The summed E-state index contributed by atoms with van der Waals surface area (Å²) in [5.74, 6) is 1.14. The first-order chi connectivity index (χ1) is 17.9. The van der Waals surface area contributed by atoms with Crippen LogP contribution in [0.4, 0.5) is 5.95 Å². The van der Waals surface area contributed by atoms with Crippen molar-refractivity contribution < 1.29 is 9.90 Å². The number of fused-ring (bicyclic) bond motifs is 1. The average Bonchev–Trinajstić information content (AvgIpc) is 3.28. The number of aromatic nitrogens is 4. The first kappa shape index (κ1) is 25.6. The number of carbonyl (C=O) groups is 1. The van der Waals surface area contributed by atoms with Crippen LogP contribution in [0.25, 0.3) is 11.0 Å². The second kappa shape index (κ2) is 11.2. The van der Waals surface area contributed by atoms with Gasteiger partial charge < -0.3 is 19.9 Å². The number of hydrogen-bond donors (Lipinski definition) is 2. The largest absolute Gasteiger partial charge is 0.393 e. The zero-order valence-electron chi connectivity index (χ0n) is 22.4. The summed E-state index contributed by atoms with van der Waals surface area (Å²) in [5, 5.41) is 14.7. The Morgan fingerprint density at radius 3 is 2.62 bits per heavy atom. The first-order valence-electron chi connectivity index (χ1n) is 14.0. The van der Waals surface area contributed by atoms with Crippen LogP contribution in [0.1, 0.15) is 98.8 Å². The number of rotatable bonds is 7. The van der Waals surface area contributed by atoms with E-state index in [0.29, 0.717) is 29.5 Å². The number of carbonyl (C=O) groups excluding carboxylic acids is 1. The van der Waals surface area contributed by atoms with E-state index in [4.69, 9.17) is 9.97 Å². The fourth-order valence-corrected chi connectivity index (χ4v) is 6.04. The zero-order valence-corrected chi connectivity index (χ0v) is 22.4. The van der Waals surface area contributed by atoms with Gasteiger partial charge in [0.1, 0.15) is 5.65 Å². The molecule has 2 fully saturated rings. The van der Waals surface area contributed by atoms with Gasteiger partial charge in [-0.05, 0) is 82.4 Å². The molecule has 0 unspecified atom stereocenters. The molecule has 3 aromatic rings. The summed E-state index contributed by atoms with van der Waals surface area (Å²) in [6, 6.07) is 4.33. The summed E-state index contributed by atoms with van der Waals surface area (Å²) in [6.07, 6.45) is 13.4. The Bertz CT molecular complexity index is 1220. The molecule has 2 aliphatic rings. The Morgan fingerprint density at radius 1 is 1.16 bits per heavy atom. The van der Waals surface area contributed by atoms with Crippen molar-refractivity contribution in [3.63, 3.8) is 0 Å². The predicted molar refractivity (Wildman–Crippen MR) is 146 cm³/mol. The standard InChI is InChI=1S/C29H40N6O2/c1-4-5-19(2)32-29-31-17-25-26(18-35(27(25)33-29)23-6-8-24(36)9-7-23)21-11-14-34(15-12-21)28(37)22-10-13-30-20(3)16-22/h10,13,16-19,21,23-24,36H,4-9,11-12,14-15H2,1-3H3,(H,31,32,33)/t19-,23-,24-/m0/s1. The normalized spacial score (nSPS) is 21.8. The third-order valence-corrected chi connectivity index (χ3v) is 8.12. The van der Waals surface area contributed by atoms with E-state index in [-0.39, 0.29) is 12.0 Å². The maximum Gasteiger partial charge on any atom is 0.253 e. The van der Waals surface area contributed by atoms with Crippen molar-refractivity contribution in [1.29, 1.82) is 0 Å². The molecule has 1 aliphatic carbocycles. The Balaban J connectivity index is 1.38. The maximum absolute atomic E-state index is 13.1. The molecule has 3 aromatic heterocycles. The summed E-state index contributed by atoms with van der Waals surface area (Å²) >= 11 is 0. The minimum absolute atomic E-state index is 0.0902. The van der Waals surface area contributed by atoms with Crippen LogP contribution in [-0.4, -0.2) is 60.7 Å². The van der Waals surface area contributed by atoms with Gasteiger partial charge in [0.2, 0.25) is 5.95 Å².